The summed E-state index contributed by atoms with van der Waals surface area (Å²) in [6.45, 7) is 1.19. The third-order valence-electron chi connectivity index (χ3n) is 5.08. The van der Waals surface area contributed by atoms with E-state index in [1.165, 1.54) is 31.2 Å². The van der Waals surface area contributed by atoms with Crippen molar-refractivity contribution in [2.75, 3.05) is 20.3 Å². The zero-order valence-electron chi connectivity index (χ0n) is 13.0. The molecule has 3 nitrogen and oxygen atoms in total. The average molecular weight is 289 g/mol. The smallest absolute Gasteiger partial charge is 0.124 e. The van der Waals surface area contributed by atoms with Crippen LogP contribution in [0.25, 0.3) is 0 Å². The molecule has 2 unspecified atom stereocenters. The quantitative estimate of drug-likeness (QED) is 0.816. The van der Waals surface area contributed by atoms with Crippen LogP contribution in [-0.2, 0) is 10.3 Å². The average Bonchev–Trinajstić information content (AvgIpc) is 3.33. The van der Waals surface area contributed by atoms with Gasteiger partial charge in [-0.15, -0.1) is 0 Å². The molecule has 116 valence electrons. The predicted octanol–water partition coefficient (Wildman–Crippen LogP) is 3.47. The summed E-state index contributed by atoms with van der Waals surface area (Å²) in [6, 6.07) is 8.29. The van der Waals surface area contributed by atoms with Gasteiger partial charge < -0.3 is 15.2 Å². The topological polar surface area (TPSA) is 44.5 Å². The minimum absolute atomic E-state index is 0.213. The van der Waals surface area contributed by atoms with E-state index in [2.05, 4.69) is 12.1 Å². The van der Waals surface area contributed by atoms with Gasteiger partial charge in [0.25, 0.3) is 0 Å². The second-order valence-electron chi connectivity index (χ2n) is 6.69. The van der Waals surface area contributed by atoms with Gasteiger partial charge in [-0.25, -0.2) is 0 Å². The first kappa shape index (κ1) is 14.9. The summed E-state index contributed by atoms with van der Waals surface area (Å²) in [6.07, 6.45) is 7.60. The standard InChI is InChI=1S/C18H27NO2/c1-20-11-12-21-17-7-3-2-6-16(17)18(19)10-4-5-15(13-18)14-8-9-14/h2-3,6-7,14-15H,4-5,8-13,19H2,1H3. The molecule has 0 saturated heterocycles. The maximum atomic E-state index is 6.83. The number of ether oxygens (including phenoxy) is 2. The molecule has 2 aliphatic rings. The molecule has 1 aromatic carbocycles. The van der Waals surface area contributed by atoms with Crippen LogP contribution in [0.3, 0.4) is 0 Å². The Morgan fingerprint density at radius 1 is 1.14 bits per heavy atom. The highest BCUT2D eigenvalue weighted by molar-refractivity contribution is 5.39. The Morgan fingerprint density at radius 2 is 1.95 bits per heavy atom. The lowest BCUT2D eigenvalue weighted by Gasteiger charge is -2.39. The summed E-state index contributed by atoms with van der Waals surface area (Å²) in [5.74, 6) is 2.69. The first-order valence-electron chi connectivity index (χ1n) is 8.23. The molecular weight excluding hydrogens is 262 g/mol. The molecule has 1 aromatic rings. The summed E-state index contributed by atoms with van der Waals surface area (Å²) >= 11 is 0. The van der Waals surface area contributed by atoms with Crippen molar-refractivity contribution in [1.82, 2.24) is 0 Å². The molecule has 2 fully saturated rings. The summed E-state index contributed by atoms with van der Waals surface area (Å²) in [5, 5.41) is 0. The largest absolute Gasteiger partial charge is 0.491 e. The van der Waals surface area contributed by atoms with Gasteiger partial charge in [0.05, 0.1) is 6.61 Å². The molecule has 0 radical (unpaired) electrons. The van der Waals surface area contributed by atoms with Gasteiger partial charge in [0.1, 0.15) is 12.4 Å². The number of methoxy groups -OCH3 is 1. The molecule has 2 atom stereocenters. The lowest BCUT2D eigenvalue weighted by molar-refractivity contribution is 0.142. The van der Waals surface area contributed by atoms with Gasteiger partial charge in [-0.1, -0.05) is 31.0 Å². The molecule has 2 saturated carbocycles. The van der Waals surface area contributed by atoms with E-state index in [0.717, 1.165) is 30.4 Å². The van der Waals surface area contributed by atoms with Crippen LogP contribution < -0.4 is 10.5 Å². The van der Waals surface area contributed by atoms with Crippen molar-refractivity contribution in [1.29, 1.82) is 0 Å². The van der Waals surface area contributed by atoms with Crippen molar-refractivity contribution >= 4 is 0 Å². The van der Waals surface area contributed by atoms with E-state index in [0.29, 0.717) is 13.2 Å². The molecule has 0 bridgehead atoms. The first-order chi connectivity index (χ1) is 10.2. The van der Waals surface area contributed by atoms with Crippen molar-refractivity contribution in [3.63, 3.8) is 0 Å². The Kier molecular flexibility index (Phi) is 4.51. The van der Waals surface area contributed by atoms with Crippen molar-refractivity contribution in [2.45, 2.75) is 44.1 Å². The van der Waals surface area contributed by atoms with Crippen LogP contribution in [0.1, 0.15) is 44.1 Å². The van der Waals surface area contributed by atoms with Gasteiger partial charge in [-0.3, -0.25) is 0 Å². The molecule has 3 rings (SSSR count). The summed E-state index contributed by atoms with van der Waals surface area (Å²) < 4.78 is 11.0. The third kappa shape index (κ3) is 3.41. The third-order valence-corrected chi connectivity index (χ3v) is 5.08. The fourth-order valence-corrected chi connectivity index (χ4v) is 3.81. The number of para-hydroxylation sites is 1. The van der Waals surface area contributed by atoms with Crippen molar-refractivity contribution < 1.29 is 9.47 Å². The Morgan fingerprint density at radius 3 is 2.71 bits per heavy atom. The number of rotatable bonds is 6. The van der Waals surface area contributed by atoms with Crippen LogP contribution in [-0.4, -0.2) is 20.3 Å². The molecule has 2 aliphatic carbocycles. The first-order valence-corrected chi connectivity index (χ1v) is 8.23. The molecule has 3 heteroatoms. The Balaban J connectivity index is 1.77. The van der Waals surface area contributed by atoms with E-state index >= 15 is 0 Å². The van der Waals surface area contributed by atoms with E-state index in [1.54, 1.807) is 7.11 Å². The van der Waals surface area contributed by atoms with E-state index in [-0.39, 0.29) is 5.54 Å². The fourth-order valence-electron chi connectivity index (χ4n) is 3.81. The maximum Gasteiger partial charge on any atom is 0.124 e. The molecular formula is C18H27NO2. The van der Waals surface area contributed by atoms with E-state index in [9.17, 15) is 0 Å². The van der Waals surface area contributed by atoms with Gasteiger partial charge >= 0.3 is 0 Å². The Hall–Kier alpha value is -1.06. The summed E-state index contributed by atoms with van der Waals surface area (Å²) in [7, 11) is 1.70. The van der Waals surface area contributed by atoms with Crippen LogP contribution in [0.4, 0.5) is 0 Å². The van der Waals surface area contributed by atoms with Crippen molar-refractivity contribution in [2.24, 2.45) is 17.6 Å². The second kappa shape index (κ2) is 6.37. The van der Waals surface area contributed by atoms with Crippen LogP contribution in [0.5, 0.6) is 5.75 Å². The Labute approximate surface area is 127 Å². The van der Waals surface area contributed by atoms with E-state index in [1.807, 2.05) is 12.1 Å². The normalized spacial score (nSPS) is 29.3. The highest BCUT2D eigenvalue weighted by Gasteiger charge is 2.41. The van der Waals surface area contributed by atoms with Gasteiger partial charge in [0.2, 0.25) is 0 Å². The molecule has 0 spiro atoms. The molecule has 2 N–H and O–H groups in total. The lowest BCUT2D eigenvalue weighted by Crippen LogP contribution is -2.42. The monoisotopic (exact) mass is 289 g/mol. The van der Waals surface area contributed by atoms with Crippen molar-refractivity contribution in [3.8, 4) is 5.75 Å². The zero-order chi connectivity index (χ0) is 14.7. The highest BCUT2D eigenvalue weighted by Crippen LogP contribution is 2.49. The van der Waals surface area contributed by atoms with Gasteiger partial charge in [-0.2, -0.15) is 0 Å². The molecule has 0 amide bonds. The predicted molar refractivity (Wildman–Crippen MR) is 84.4 cm³/mol. The molecule has 0 aromatic heterocycles. The van der Waals surface area contributed by atoms with E-state index < -0.39 is 0 Å². The van der Waals surface area contributed by atoms with Gasteiger partial charge in [0.15, 0.2) is 0 Å². The number of nitrogens with two attached hydrogens (primary N) is 1. The second-order valence-corrected chi connectivity index (χ2v) is 6.69. The van der Waals surface area contributed by atoms with Gasteiger partial charge in [0, 0.05) is 18.2 Å². The number of benzene rings is 1. The molecule has 21 heavy (non-hydrogen) atoms. The number of hydrogen-bond acceptors (Lipinski definition) is 3. The van der Waals surface area contributed by atoms with Crippen molar-refractivity contribution in [3.05, 3.63) is 29.8 Å². The van der Waals surface area contributed by atoms with Crippen LogP contribution in [0, 0.1) is 11.8 Å². The summed E-state index contributed by atoms with van der Waals surface area (Å²) in [4.78, 5) is 0. The fraction of sp³-hybridized carbons (Fsp3) is 0.667. The summed E-state index contributed by atoms with van der Waals surface area (Å²) in [5.41, 5.74) is 7.80. The SMILES string of the molecule is COCCOc1ccccc1C1(N)CCCC(C2CC2)C1. The van der Waals surface area contributed by atoms with Crippen LogP contribution in [0.2, 0.25) is 0 Å². The molecule has 0 aliphatic heterocycles. The zero-order valence-corrected chi connectivity index (χ0v) is 13.0. The lowest BCUT2D eigenvalue weighted by atomic mass is 9.71. The minimum atomic E-state index is -0.213. The highest BCUT2D eigenvalue weighted by atomic mass is 16.5. The van der Waals surface area contributed by atoms with Crippen LogP contribution in [0.15, 0.2) is 24.3 Å². The minimum Gasteiger partial charge on any atom is -0.491 e. The van der Waals surface area contributed by atoms with Gasteiger partial charge in [-0.05, 0) is 43.6 Å². The van der Waals surface area contributed by atoms with E-state index in [4.69, 9.17) is 15.2 Å². The maximum absolute atomic E-state index is 6.83. The van der Waals surface area contributed by atoms with Crippen LogP contribution >= 0.6 is 0 Å². The Bertz CT molecular complexity index is 472. The molecule has 0 heterocycles. The number of hydrogen-bond donors (Lipinski definition) is 1.